The van der Waals surface area contributed by atoms with Gasteiger partial charge < -0.3 is 5.32 Å². The van der Waals surface area contributed by atoms with E-state index in [1.54, 1.807) is 28.0 Å². The summed E-state index contributed by atoms with van der Waals surface area (Å²) < 4.78 is 15.0. The van der Waals surface area contributed by atoms with E-state index in [-0.39, 0.29) is 23.5 Å². The van der Waals surface area contributed by atoms with Crippen molar-refractivity contribution in [1.29, 1.82) is 0 Å². The van der Waals surface area contributed by atoms with Crippen molar-refractivity contribution in [3.8, 4) is 0 Å². The number of rotatable bonds is 6. The number of fused-ring (bicyclic) bond motifs is 1. The molecule has 3 heterocycles. The number of benzene rings is 1. The molecule has 148 valence electrons. The Morgan fingerprint density at radius 1 is 1.24 bits per heavy atom. The van der Waals surface area contributed by atoms with E-state index in [0.717, 1.165) is 21.8 Å². The van der Waals surface area contributed by atoms with Crippen LogP contribution in [-0.2, 0) is 4.79 Å². The maximum absolute atomic E-state index is 13.3. The monoisotopic (exact) mass is 427 g/mol. The smallest absolute Gasteiger partial charge is 0.253 e. The molecule has 3 aromatic heterocycles. The van der Waals surface area contributed by atoms with Gasteiger partial charge in [0.15, 0.2) is 0 Å². The number of aryl methyl sites for hydroxylation is 2. The first-order valence-corrected chi connectivity index (χ1v) is 10.8. The summed E-state index contributed by atoms with van der Waals surface area (Å²) in [6.07, 6.45) is 0. The maximum atomic E-state index is 13.3. The molecule has 0 fully saturated rings. The molecule has 0 radical (unpaired) electrons. The number of thiophene rings is 1. The van der Waals surface area contributed by atoms with Crippen molar-refractivity contribution >= 4 is 34.8 Å². The molecule has 1 atom stereocenters. The van der Waals surface area contributed by atoms with Gasteiger partial charge in [-0.05, 0) is 49.1 Å². The van der Waals surface area contributed by atoms with E-state index >= 15 is 0 Å². The summed E-state index contributed by atoms with van der Waals surface area (Å²) >= 11 is 2.79. The number of hydrogen-bond donors (Lipinski definition) is 1. The molecule has 1 N–H and O–H groups in total. The van der Waals surface area contributed by atoms with Gasteiger partial charge in [-0.2, -0.15) is 4.98 Å². The number of thioether (sulfide) groups is 1. The molecule has 0 saturated heterocycles. The highest BCUT2D eigenvalue weighted by Crippen LogP contribution is 2.26. The van der Waals surface area contributed by atoms with Crippen LogP contribution in [0.15, 0.2) is 53.0 Å². The molecule has 4 rings (SSSR count). The topological polar surface area (TPSA) is 72.2 Å². The number of hydrogen-bond acceptors (Lipinski definition) is 6. The van der Waals surface area contributed by atoms with Gasteiger partial charge in [0.1, 0.15) is 5.82 Å². The second-order valence-corrected chi connectivity index (χ2v) is 8.42. The first-order chi connectivity index (χ1) is 14.0. The van der Waals surface area contributed by atoms with Crippen molar-refractivity contribution in [3.05, 3.63) is 75.5 Å². The van der Waals surface area contributed by atoms with Crippen molar-refractivity contribution in [1.82, 2.24) is 24.9 Å². The Hall–Kier alpha value is -2.78. The van der Waals surface area contributed by atoms with E-state index in [1.807, 2.05) is 37.4 Å². The van der Waals surface area contributed by atoms with Gasteiger partial charge in [0, 0.05) is 16.3 Å². The van der Waals surface area contributed by atoms with Crippen molar-refractivity contribution < 1.29 is 9.18 Å². The number of nitrogens with zero attached hydrogens (tertiary/aromatic N) is 4. The summed E-state index contributed by atoms with van der Waals surface area (Å²) in [4.78, 5) is 22.3. The fourth-order valence-corrected chi connectivity index (χ4v) is 4.40. The average Bonchev–Trinajstić information content (AvgIpc) is 3.35. The molecule has 0 saturated carbocycles. The second kappa shape index (κ2) is 8.30. The van der Waals surface area contributed by atoms with E-state index < -0.39 is 0 Å². The fraction of sp³-hybridized carbons (Fsp3) is 0.200. The molecule has 6 nitrogen and oxygen atoms in total. The minimum atomic E-state index is -0.329. The number of aromatic nitrogens is 4. The third-order valence-corrected chi connectivity index (χ3v) is 6.04. The van der Waals surface area contributed by atoms with Crippen LogP contribution >= 0.6 is 23.1 Å². The Balaban J connectivity index is 1.47. The Labute approximate surface area is 175 Å². The fourth-order valence-electron chi connectivity index (χ4n) is 2.97. The van der Waals surface area contributed by atoms with Crippen LogP contribution in [0.2, 0.25) is 0 Å². The largest absolute Gasteiger partial charge is 0.344 e. The molecule has 0 unspecified atom stereocenters. The number of carbonyl (C=O) groups excluding carboxylic acids is 1. The van der Waals surface area contributed by atoms with Gasteiger partial charge in [-0.15, -0.1) is 16.4 Å². The van der Waals surface area contributed by atoms with Crippen LogP contribution in [0.4, 0.5) is 4.39 Å². The summed E-state index contributed by atoms with van der Waals surface area (Å²) in [5, 5.41) is 9.88. The summed E-state index contributed by atoms with van der Waals surface area (Å²) in [6.45, 7) is 3.84. The number of amides is 1. The second-order valence-electron chi connectivity index (χ2n) is 6.50. The van der Waals surface area contributed by atoms with Gasteiger partial charge in [-0.1, -0.05) is 30.0 Å². The number of halogens is 1. The summed E-state index contributed by atoms with van der Waals surface area (Å²) in [7, 11) is 0. The Bertz CT molecular complexity index is 1140. The lowest BCUT2D eigenvalue weighted by Gasteiger charge is -2.18. The van der Waals surface area contributed by atoms with E-state index in [1.165, 1.54) is 23.9 Å². The molecule has 29 heavy (non-hydrogen) atoms. The highest BCUT2D eigenvalue weighted by molar-refractivity contribution is 7.99. The predicted molar refractivity (Wildman–Crippen MR) is 112 cm³/mol. The molecule has 0 aliphatic rings. The van der Waals surface area contributed by atoms with Gasteiger partial charge in [-0.25, -0.2) is 13.9 Å². The lowest BCUT2D eigenvalue weighted by atomic mass is 10.1. The van der Waals surface area contributed by atoms with Gasteiger partial charge in [0.05, 0.1) is 11.8 Å². The van der Waals surface area contributed by atoms with Crippen LogP contribution in [0.5, 0.6) is 0 Å². The third-order valence-electron chi connectivity index (χ3n) is 4.27. The minimum Gasteiger partial charge on any atom is -0.344 e. The van der Waals surface area contributed by atoms with Crippen LogP contribution in [0, 0.1) is 19.7 Å². The minimum absolute atomic E-state index is 0.155. The zero-order valence-electron chi connectivity index (χ0n) is 15.8. The van der Waals surface area contributed by atoms with Crippen LogP contribution in [0.1, 0.15) is 27.9 Å². The van der Waals surface area contributed by atoms with E-state index in [9.17, 15) is 9.18 Å². The number of carbonyl (C=O) groups is 1. The first kappa shape index (κ1) is 19.5. The van der Waals surface area contributed by atoms with Crippen LogP contribution in [0.3, 0.4) is 0 Å². The lowest BCUT2D eigenvalue weighted by Crippen LogP contribution is -2.30. The molecule has 4 aromatic rings. The van der Waals surface area contributed by atoms with Crippen molar-refractivity contribution in [3.63, 3.8) is 0 Å². The van der Waals surface area contributed by atoms with Gasteiger partial charge >= 0.3 is 0 Å². The molecule has 0 spiro atoms. The van der Waals surface area contributed by atoms with Gasteiger partial charge in [0.2, 0.25) is 11.1 Å². The maximum Gasteiger partial charge on any atom is 0.253 e. The van der Waals surface area contributed by atoms with E-state index in [2.05, 4.69) is 20.4 Å². The summed E-state index contributed by atoms with van der Waals surface area (Å²) in [5.41, 5.74) is 2.63. The molecule has 1 aromatic carbocycles. The molecule has 1 amide bonds. The molecule has 0 aliphatic carbocycles. The Kier molecular flexibility index (Phi) is 5.59. The SMILES string of the molecule is Cc1cc(C)n2nc(SCC(=O)N[C@H](c3ccc(F)cc3)c3cccs3)nc2n1. The zero-order chi connectivity index (χ0) is 20.4. The zero-order valence-corrected chi connectivity index (χ0v) is 17.4. The van der Waals surface area contributed by atoms with Gasteiger partial charge in [-0.3, -0.25) is 4.79 Å². The Morgan fingerprint density at radius 3 is 2.76 bits per heavy atom. The molecular weight excluding hydrogens is 409 g/mol. The average molecular weight is 428 g/mol. The lowest BCUT2D eigenvalue weighted by molar-refractivity contribution is -0.119. The highest BCUT2D eigenvalue weighted by atomic mass is 32.2. The predicted octanol–water partition coefficient (Wildman–Crippen LogP) is 3.94. The van der Waals surface area contributed by atoms with Crippen LogP contribution in [-0.4, -0.2) is 31.2 Å². The molecule has 0 bridgehead atoms. The summed E-state index contributed by atoms with van der Waals surface area (Å²) in [5.74, 6) is 0.223. The quantitative estimate of drug-likeness (QED) is 0.472. The molecule has 0 aliphatic heterocycles. The first-order valence-electron chi connectivity index (χ1n) is 8.91. The van der Waals surface area contributed by atoms with Crippen molar-refractivity contribution in [2.45, 2.75) is 25.0 Å². The van der Waals surface area contributed by atoms with Crippen molar-refractivity contribution in [2.24, 2.45) is 0 Å². The summed E-state index contributed by atoms with van der Waals surface area (Å²) in [6, 6.07) is 11.6. The standard InChI is InChI=1S/C20H18FN5OS2/c1-12-10-13(2)26-19(22-12)24-20(25-26)29-11-17(27)23-18(16-4-3-9-28-16)14-5-7-15(21)8-6-14/h3-10,18H,11H2,1-2H3,(H,23,27)/t18-/m1/s1. The Morgan fingerprint density at radius 2 is 2.03 bits per heavy atom. The normalized spacial score (nSPS) is 12.2. The van der Waals surface area contributed by atoms with Crippen molar-refractivity contribution in [2.75, 3.05) is 5.75 Å². The number of nitrogens with one attached hydrogen (secondary N) is 1. The van der Waals surface area contributed by atoms with Gasteiger partial charge in [0.25, 0.3) is 5.78 Å². The highest BCUT2D eigenvalue weighted by Gasteiger charge is 2.19. The third kappa shape index (κ3) is 4.46. The van der Waals surface area contributed by atoms with E-state index in [0.29, 0.717) is 10.9 Å². The molecule has 9 heteroatoms. The molecular formula is C20H18FN5OS2. The van der Waals surface area contributed by atoms with E-state index in [4.69, 9.17) is 0 Å². The van der Waals surface area contributed by atoms with Crippen LogP contribution in [0.25, 0.3) is 5.78 Å². The van der Waals surface area contributed by atoms with Crippen LogP contribution < -0.4 is 5.32 Å².